The van der Waals surface area contributed by atoms with E-state index in [1.807, 2.05) is 6.07 Å². The van der Waals surface area contributed by atoms with Crippen LogP contribution < -0.4 is 4.74 Å². The molecule has 5 heteroatoms. The first kappa shape index (κ1) is 19.5. The minimum atomic E-state index is -0.385. The van der Waals surface area contributed by atoms with Gasteiger partial charge in [0.25, 0.3) is 0 Å². The Labute approximate surface area is 153 Å². The van der Waals surface area contributed by atoms with Crippen LogP contribution in [-0.2, 0) is 9.47 Å². The molecule has 0 aromatic heterocycles. The standard InChI is InChI=1S/C21H24O5/c1-15(2)18(14-26-21(23)16-7-5-4-6-8-16)13-25-19-11-9-17(10-12-19)20(22)24-3/h4-12,15,18H,13-14H2,1-3H3. The van der Waals surface area contributed by atoms with Gasteiger partial charge in [0, 0.05) is 5.92 Å². The fourth-order valence-corrected chi connectivity index (χ4v) is 2.28. The Hall–Kier alpha value is -2.82. The van der Waals surface area contributed by atoms with Crippen LogP contribution in [0.2, 0.25) is 0 Å². The van der Waals surface area contributed by atoms with Crippen molar-refractivity contribution in [1.82, 2.24) is 0 Å². The highest BCUT2D eigenvalue weighted by atomic mass is 16.5. The topological polar surface area (TPSA) is 61.8 Å². The highest BCUT2D eigenvalue weighted by Crippen LogP contribution is 2.18. The molecule has 0 bridgehead atoms. The molecule has 0 N–H and O–H groups in total. The molecule has 0 heterocycles. The average Bonchev–Trinajstić information content (AvgIpc) is 2.68. The maximum atomic E-state index is 12.1. The van der Waals surface area contributed by atoms with Gasteiger partial charge < -0.3 is 14.2 Å². The summed E-state index contributed by atoms with van der Waals surface area (Å²) in [4.78, 5) is 23.5. The van der Waals surface area contributed by atoms with Crippen molar-refractivity contribution in [3.05, 3.63) is 65.7 Å². The van der Waals surface area contributed by atoms with Gasteiger partial charge in [0.2, 0.25) is 0 Å². The lowest BCUT2D eigenvalue weighted by Crippen LogP contribution is -2.25. The Bertz CT molecular complexity index is 707. The van der Waals surface area contributed by atoms with Crippen LogP contribution in [0.25, 0.3) is 0 Å². The molecule has 5 nitrogen and oxygen atoms in total. The van der Waals surface area contributed by atoms with Crippen molar-refractivity contribution < 1.29 is 23.8 Å². The normalized spacial score (nSPS) is 11.7. The second-order valence-corrected chi connectivity index (χ2v) is 6.30. The van der Waals surface area contributed by atoms with Crippen LogP contribution in [0.3, 0.4) is 0 Å². The maximum absolute atomic E-state index is 12.1. The molecule has 0 aliphatic rings. The van der Waals surface area contributed by atoms with E-state index in [0.717, 1.165) is 0 Å². The third kappa shape index (κ3) is 5.62. The molecule has 0 saturated carbocycles. The number of methoxy groups -OCH3 is 1. The Morgan fingerprint density at radius 2 is 1.46 bits per heavy atom. The number of hydrogen-bond acceptors (Lipinski definition) is 5. The van der Waals surface area contributed by atoms with Crippen LogP contribution in [0.1, 0.15) is 34.6 Å². The second-order valence-electron chi connectivity index (χ2n) is 6.30. The zero-order valence-corrected chi connectivity index (χ0v) is 15.3. The van der Waals surface area contributed by atoms with E-state index in [0.29, 0.717) is 23.5 Å². The summed E-state index contributed by atoms with van der Waals surface area (Å²) in [5, 5.41) is 0. The van der Waals surface area contributed by atoms with E-state index >= 15 is 0 Å². The average molecular weight is 356 g/mol. The van der Waals surface area contributed by atoms with Crippen LogP contribution in [0.4, 0.5) is 0 Å². The molecule has 1 unspecified atom stereocenters. The first-order valence-electron chi connectivity index (χ1n) is 8.54. The van der Waals surface area contributed by atoms with Crippen LogP contribution in [-0.4, -0.2) is 32.3 Å². The largest absolute Gasteiger partial charge is 0.493 e. The van der Waals surface area contributed by atoms with Gasteiger partial charge in [0.1, 0.15) is 5.75 Å². The molecule has 2 rings (SSSR count). The van der Waals surface area contributed by atoms with E-state index in [9.17, 15) is 9.59 Å². The number of carbonyl (C=O) groups excluding carboxylic acids is 2. The highest BCUT2D eigenvalue weighted by Gasteiger charge is 2.18. The van der Waals surface area contributed by atoms with Gasteiger partial charge in [-0.25, -0.2) is 9.59 Å². The monoisotopic (exact) mass is 356 g/mol. The number of rotatable bonds is 8. The summed E-state index contributed by atoms with van der Waals surface area (Å²) in [6.07, 6.45) is 0. The summed E-state index contributed by atoms with van der Waals surface area (Å²) in [5.74, 6) is 0.275. The molecule has 0 aliphatic carbocycles. The lowest BCUT2D eigenvalue weighted by molar-refractivity contribution is 0.0347. The summed E-state index contributed by atoms with van der Waals surface area (Å²) in [6.45, 7) is 4.82. The fourth-order valence-electron chi connectivity index (χ4n) is 2.28. The SMILES string of the molecule is COC(=O)c1ccc(OCC(COC(=O)c2ccccc2)C(C)C)cc1. The van der Waals surface area contributed by atoms with Gasteiger partial charge in [0.15, 0.2) is 0 Å². The van der Waals surface area contributed by atoms with Gasteiger partial charge in [-0.3, -0.25) is 0 Å². The molecule has 26 heavy (non-hydrogen) atoms. The molecule has 0 amide bonds. The molecule has 0 radical (unpaired) electrons. The molecule has 1 atom stereocenters. The van der Waals surface area contributed by atoms with Crippen LogP contribution in [0.15, 0.2) is 54.6 Å². The van der Waals surface area contributed by atoms with Crippen molar-refractivity contribution in [2.75, 3.05) is 20.3 Å². The molecular weight excluding hydrogens is 332 g/mol. The summed E-state index contributed by atoms with van der Waals surface area (Å²) in [7, 11) is 1.34. The Morgan fingerprint density at radius 1 is 0.846 bits per heavy atom. The second kappa shape index (κ2) is 9.61. The Kier molecular flexibility index (Phi) is 7.21. The Balaban J connectivity index is 1.88. The highest BCUT2D eigenvalue weighted by molar-refractivity contribution is 5.89. The molecule has 0 fully saturated rings. The van der Waals surface area contributed by atoms with E-state index < -0.39 is 0 Å². The van der Waals surface area contributed by atoms with E-state index in [4.69, 9.17) is 9.47 Å². The predicted molar refractivity (Wildman–Crippen MR) is 98.3 cm³/mol. The van der Waals surface area contributed by atoms with Gasteiger partial charge in [-0.15, -0.1) is 0 Å². The summed E-state index contributed by atoms with van der Waals surface area (Å²) >= 11 is 0. The molecule has 0 spiro atoms. The first-order chi connectivity index (χ1) is 12.5. The van der Waals surface area contributed by atoms with E-state index in [1.54, 1.807) is 48.5 Å². The van der Waals surface area contributed by atoms with Gasteiger partial charge >= 0.3 is 11.9 Å². The lowest BCUT2D eigenvalue weighted by Gasteiger charge is -2.21. The van der Waals surface area contributed by atoms with Crippen molar-refractivity contribution in [1.29, 1.82) is 0 Å². The molecule has 0 saturated heterocycles. The number of benzene rings is 2. The molecule has 2 aromatic carbocycles. The summed E-state index contributed by atoms with van der Waals surface area (Å²) < 4.78 is 15.9. The molecule has 0 aliphatic heterocycles. The first-order valence-corrected chi connectivity index (χ1v) is 8.54. The smallest absolute Gasteiger partial charge is 0.338 e. The number of carbonyl (C=O) groups is 2. The summed E-state index contributed by atoms with van der Waals surface area (Å²) in [6, 6.07) is 15.7. The van der Waals surface area contributed by atoms with E-state index in [1.165, 1.54) is 7.11 Å². The summed E-state index contributed by atoms with van der Waals surface area (Å²) in [5.41, 5.74) is 1.01. The third-order valence-corrected chi connectivity index (χ3v) is 4.12. The van der Waals surface area contributed by atoms with Gasteiger partial charge in [-0.2, -0.15) is 0 Å². The van der Waals surface area contributed by atoms with E-state index in [2.05, 4.69) is 18.6 Å². The third-order valence-electron chi connectivity index (χ3n) is 4.12. The van der Waals surface area contributed by atoms with Gasteiger partial charge in [0.05, 0.1) is 31.5 Å². The Morgan fingerprint density at radius 3 is 2.04 bits per heavy atom. The van der Waals surface area contributed by atoms with Crippen molar-refractivity contribution in [2.24, 2.45) is 11.8 Å². The quantitative estimate of drug-likeness (QED) is 0.670. The van der Waals surface area contributed by atoms with Gasteiger partial charge in [-0.05, 0) is 42.3 Å². The van der Waals surface area contributed by atoms with Crippen molar-refractivity contribution in [3.8, 4) is 5.75 Å². The van der Waals surface area contributed by atoms with E-state index in [-0.39, 0.29) is 30.4 Å². The van der Waals surface area contributed by atoms with Crippen LogP contribution in [0.5, 0.6) is 5.75 Å². The van der Waals surface area contributed by atoms with Crippen molar-refractivity contribution in [2.45, 2.75) is 13.8 Å². The van der Waals surface area contributed by atoms with Crippen LogP contribution in [0, 0.1) is 11.8 Å². The van der Waals surface area contributed by atoms with Crippen LogP contribution >= 0.6 is 0 Å². The maximum Gasteiger partial charge on any atom is 0.338 e. The molecule has 2 aromatic rings. The predicted octanol–water partition coefficient (Wildman–Crippen LogP) is 3.98. The molecular formula is C21H24O5. The number of hydrogen-bond donors (Lipinski definition) is 0. The van der Waals surface area contributed by atoms with Crippen molar-refractivity contribution >= 4 is 11.9 Å². The fraction of sp³-hybridized carbons (Fsp3) is 0.333. The zero-order chi connectivity index (χ0) is 18.9. The number of ether oxygens (including phenoxy) is 3. The zero-order valence-electron chi connectivity index (χ0n) is 15.3. The van der Waals surface area contributed by atoms with Crippen molar-refractivity contribution in [3.63, 3.8) is 0 Å². The molecule has 138 valence electrons. The van der Waals surface area contributed by atoms with Gasteiger partial charge in [-0.1, -0.05) is 32.0 Å². The minimum absolute atomic E-state index is 0.0583. The lowest BCUT2D eigenvalue weighted by atomic mass is 9.98. The minimum Gasteiger partial charge on any atom is -0.493 e. The number of esters is 2.